The Morgan fingerprint density at radius 3 is 2.62 bits per heavy atom. The Hall–Kier alpha value is -2.17. The van der Waals surface area contributed by atoms with Gasteiger partial charge in [0.1, 0.15) is 0 Å². The highest BCUT2D eigenvalue weighted by molar-refractivity contribution is 5.66. The first-order chi connectivity index (χ1) is 7.85. The summed E-state index contributed by atoms with van der Waals surface area (Å²) in [6.07, 6.45) is 5.09. The largest absolute Gasteiger partial charge is 0.480 e. The van der Waals surface area contributed by atoms with Gasteiger partial charge in [0.25, 0.3) is 0 Å². The fraction of sp³-hybridized carbons (Fsp3) is 0.182. The highest BCUT2D eigenvalue weighted by atomic mass is 16.5. The lowest BCUT2D eigenvalue weighted by molar-refractivity contribution is 0.353. The quantitative estimate of drug-likeness (QED) is 0.780. The van der Waals surface area contributed by atoms with E-state index in [0.717, 1.165) is 11.1 Å². The summed E-state index contributed by atoms with van der Waals surface area (Å²) in [5, 5.41) is 0. The lowest BCUT2D eigenvalue weighted by atomic mass is 10.1. The molecule has 0 saturated heterocycles. The molecule has 2 heterocycles. The minimum Gasteiger partial charge on any atom is -0.480 e. The van der Waals surface area contributed by atoms with E-state index in [1.54, 1.807) is 25.7 Å². The monoisotopic (exact) mass is 217 g/mol. The summed E-state index contributed by atoms with van der Waals surface area (Å²) in [6, 6.07) is 4.05. The van der Waals surface area contributed by atoms with Crippen LogP contribution in [0, 0.1) is 0 Å². The highest BCUT2D eigenvalue weighted by Crippen LogP contribution is 2.27. The number of aromatic nitrogens is 3. The lowest BCUT2D eigenvalue weighted by Gasteiger charge is -2.07. The van der Waals surface area contributed by atoms with Crippen molar-refractivity contribution in [3.05, 3.63) is 30.7 Å². The molecule has 0 fully saturated rings. The van der Waals surface area contributed by atoms with Crippen molar-refractivity contribution in [3.63, 3.8) is 0 Å². The second kappa shape index (κ2) is 4.57. The summed E-state index contributed by atoms with van der Waals surface area (Å²) in [5.74, 6) is 0.472. The van der Waals surface area contributed by atoms with E-state index in [-0.39, 0.29) is 6.01 Å². The third-order valence-corrected chi connectivity index (χ3v) is 2.08. The first-order valence-electron chi connectivity index (χ1n) is 4.70. The first kappa shape index (κ1) is 10.4. The van der Waals surface area contributed by atoms with Gasteiger partial charge in [-0.2, -0.15) is 4.98 Å². The van der Waals surface area contributed by atoms with E-state index in [0.29, 0.717) is 5.88 Å². The molecule has 0 aliphatic heterocycles. The van der Waals surface area contributed by atoms with Gasteiger partial charge in [0.15, 0.2) is 0 Å². The van der Waals surface area contributed by atoms with Crippen LogP contribution in [0.3, 0.4) is 0 Å². The Morgan fingerprint density at radius 1 is 1.12 bits per heavy atom. The molecule has 0 bridgehead atoms. The van der Waals surface area contributed by atoms with Gasteiger partial charge in [-0.3, -0.25) is 4.98 Å². The summed E-state index contributed by atoms with van der Waals surface area (Å²) >= 11 is 0. The van der Waals surface area contributed by atoms with Crippen LogP contribution in [0.15, 0.2) is 30.7 Å². The smallest absolute Gasteiger partial charge is 0.319 e. The molecule has 5 nitrogen and oxygen atoms in total. The van der Waals surface area contributed by atoms with E-state index >= 15 is 0 Å². The summed E-state index contributed by atoms with van der Waals surface area (Å²) in [7, 11) is 3.07. The van der Waals surface area contributed by atoms with Crippen LogP contribution >= 0.6 is 0 Å². The van der Waals surface area contributed by atoms with Crippen LogP contribution in [0.5, 0.6) is 11.9 Å². The highest BCUT2D eigenvalue weighted by Gasteiger charge is 2.09. The van der Waals surface area contributed by atoms with Gasteiger partial charge in [-0.15, -0.1) is 0 Å². The van der Waals surface area contributed by atoms with Gasteiger partial charge < -0.3 is 9.47 Å². The van der Waals surface area contributed by atoms with E-state index in [4.69, 9.17) is 9.47 Å². The summed E-state index contributed by atoms with van der Waals surface area (Å²) < 4.78 is 10.1. The molecule has 0 atom stereocenters. The van der Waals surface area contributed by atoms with Crippen molar-refractivity contribution in [2.24, 2.45) is 0 Å². The summed E-state index contributed by atoms with van der Waals surface area (Å²) in [4.78, 5) is 12.2. The standard InChI is InChI=1S/C11H11N3O2/c1-15-10-9(7-13-11(14-10)16-2)8-4-3-5-12-6-8/h3-7H,1-2H3. The fourth-order valence-corrected chi connectivity index (χ4v) is 1.32. The van der Waals surface area contributed by atoms with E-state index in [2.05, 4.69) is 15.0 Å². The second-order valence-electron chi connectivity index (χ2n) is 3.02. The number of hydrogen-bond donors (Lipinski definition) is 0. The fourth-order valence-electron chi connectivity index (χ4n) is 1.32. The number of ether oxygens (including phenoxy) is 2. The van der Waals surface area contributed by atoms with Crippen molar-refractivity contribution in [1.29, 1.82) is 0 Å². The number of rotatable bonds is 3. The molecule has 2 aromatic rings. The molecule has 0 spiro atoms. The SMILES string of the molecule is COc1ncc(-c2cccnc2)c(OC)n1. The lowest BCUT2D eigenvalue weighted by Crippen LogP contribution is -1.97. The Balaban J connectivity index is 2.49. The maximum Gasteiger partial charge on any atom is 0.319 e. The second-order valence-corrected chi connectivity index (χ2v) is 3.02. The Labute approximate surface area is 93.1 Å². The van der Waals surface area contributed by atoms with Gasteiger partial charge in [-0.1, -0.05) is 6.07 Å². The molecule has 5 heteroatoms. The van der Waals surface area contributed by atoms with Crippen LogP contribution in [0.1, 0.15) is 0 Å². The molecule has 0 unspecified atom stereocenters. The Bertz CT molecular complexity index is 474. The number of pyridine rings is 1. The van der Waals surface area contributed by atoms with Gasteiger partial charge in [-0.25, -0.2) is 4.98 Å². The van der Waals surface area contributed by atoms with Crippen molar-refractivity contribution in [1.82, 2.24) is 15.0 Å². The van der Waals surface area contributed by atoms with Crippen LogP contribution < -0.4 is 9.47 Å². The van der Waals surface area contributed by atoms with E-state index < -0.39 is 0 Å². The van der Waals surface area contributed by atoms with Gasteiger partial charge in [0.05, 0.1) is 19.8 Å². The van der Waals surface area contributed by atoms with E-state index in [9.17, 15) is 0 Å². The van der Waals surface area contributed by atoms with Crippen LogP contribution in [0.4, 0.5) is 0 Å². The minimum atomic E-state index is 0.282. The summed E-state index contributed by atoms with van der Waals surface area (Å²) in [5.41, 5.74) is 1.69. The van der Waals surface area contributed by atoms with Crippen molar-refractivity contribution in [3.8, 4) is 23.0 Å². The number of nitrogens with zero attached hydrogens (tertiary/aromatic N) is 3. The van der Waals surface area contributed by atoms with Crippen molar-refractivity contribution in [2.45, 2.75) is 0 Å². The molecule has 0 aliphatic rings. The van der Waals surface area contributed by atoms with E-state index in [1.807, 2.05) is 12.1 Å². The number of hydrogen-bond acceptors (Lipinski definition) is 5. The van der Waals surface area contributed by atoms with Crippen LogP contribution in [0.2, 0.25) is 0 Å². The predicted octanol–water partition coefficient (Wildman–Crippen LogP) is 1.56. The Morgan fingerprint density at radius 2 is 2.00 bits per heavy atom. The van der Waals surface area contributed by atoms with Gasteiger partial charge >= 0.3 is 6.01 Å². The Kier molecular flexibility index (Phi) is 2.95. The van der Waals surface area contributed by atoms with Gasteiger partial charge in [0, 0.05) is 24.2 Å². The topological polar surface area (TPSA) is 57.1 Å². The zero-order valence-corrected chi connectivity index (χ0v) is 9.04. The first-order valence-corrected chi connectivity index (χ1v) is 4.70. The average molecular weight is 217 g/mol. The molecule has 0 aliphatic carbocycles. The van der Waals surface area contributed by atoms with Gasteiger partial charge in [0.2, 0.25) is 5.88 Å². The maximum absolute atomic E-state index is 5.18. The zero-order valence-electron chi connectivity index (χ0n) is 9.04. The minimum absolute atomic E-state index is 0.282. The molecule has 0 saturated carbocycles. The van der Waals surface area contributed by atoms with Crippen molar-refractivity contribution in [2.75, 3.05) is 14.2 Å². The van der Waals surface area contributed by atoms with Crippen LogP contribution in [-0.4, -0.2) is 29.2 Å². The molecule has 2 rings (SSSR count). The molecular weight excluding hydrogens is 206 g/mol. The molecule has 0 N–H and O–H groups in total. The van der Waals surface area contributed by atoms with Crippen LogP contribution in [0.25, 0.3) is 11.1 Å². The van der Waals surface area contributed by atoms with Crippen LogP contribution in [-0.2, 0) is 0 Å². The molecule has 82 valence electrons. The molecule has 0 amide bonds. The third kappa shape index (κ3) is 1.93. The zero-order chi connectivity index (χ0) is 11.4. The molecule has 16 heavy (non-hydrogen) atoms. The summed E-state index contributed by atoms with van der Waals surface area (Å²) in [6.45, 7) is 0. The maximum atomic E-state index is 5.18. The molecule has 0 radical (unpaired) electrons. The predicted molar refractivity (Wildman–Crippen MR) is 58.4 cm³/mol. The molecule has 2 aromatic heterocycles. The molecule has 0 aromatic carbocycles. The average Bonchev–Trinajstić information content (AvgIpc) is 2.39. The van der Waals surface area contributed by atoms with Crippen molar-refractivity contribution >= 4 is 0 Å². The van der Waals surface area contributed by atoms with E-state index in [1.165, 1.54) is 7.11 Å². The number of methoxy groups -OCH3 is 2. The van der Waals surface area contributed by atoms with Gasteiger partial charge in [-0.05, 0) is 6.07 Å². The van der Waals surface area contributed by atoms with Crippen molar-refractivity contribution < 1.29 is 9.47 Å². The molecular formula is C11H11N3O2. The third-order valence-electron chi connectivity index (χ3n) is 2.08. The normalized spacial score (nSPS) is 9.88.